The third kappa shape index (κ3) is 5.13. The average Bonchev–Trinajstić information content (AvgIpc) is 1.96. The van der Waals surface area contributed by atoms with Crippen molar-refractivity contribution in [1.82, 2.24) is 5.32 Å². The number of rotatable bonds is 6. The van der Waals surface area contributed by atoms with Gasteiger partial charge < -0.3 is 10.4 Å². The molecule has 2 N–H and O–H groups in total. The van der Waals surface area contributed by atoms with Crippen molar-refractivity contribution in [1.29, 1.82) is 0 Å². The van der Waals surface area contributed by atoms with E-state index < -0.39 is 5.97 Å². The van der Waals surface area contributed by atoms with E-state index in [9.17, 15) is 4.79 Å². The van der Waals surface area contributed by atoms with Gasteiger partial charge in [-0.15, -0.1) is 0 Å². The van der Waals surface area contributed by atoms with E-state index in [1.165, 1.54) is 0 Å². The van der Waals surface area contributed by atoms with Gasteiger partial charge in [-0.05, 0) is 18.9 Å². The zero-order valence-corrected chi connectivity index (χ0v) is 8.13. The number of hydrogen-bond acceptors (Lipinski definition) is 2. The van der Waals surface area contributed by atoms with Crippen LogP contribution in [0.5, 0.6) is 0 Å². The van der Waals surface area contributed by atoms with Gasteiger partial charge in [-0.3, -0.25) is 4.79 Å². The molecule has 0 radical (unpaired) electrons. The molecule has 0 aromatic carbocycles. The normalized spacial score (nSPS) is 13.3. The lowest BCUT2D eigenvalue weighted by molar-refractivity contribution is -0.139. The molecule has 1 unspecified atom stereocenters. The lowest BCUT2D eigenvalue weighted by atomic mass is 10.1. The van der Waals surface area contributed by atoms with Crippen LogP contribution in [0.3, 0.4) is 0 Å². The summed E-state index contributed by atoms with van der Waals surface area (Å²) in [5, 5.41) is 11.8. The second-order valence-corrected chi connectivity index (χ2v) is 3.48. The van der Waals surface area contributed by atoms with Crippen LogP contribution in [0.1, 0.15) is 33.6 Å². The van der Waals surface area contributed by atoms with Crippen LogP contribution < -0.4 is 5.32 Å². The lowest BCUT2D eigenvalue weighted by Crippen LogP contribution is -2.38. The van der Waals surface area contributed by atoms with Gasteiger partial charge in [0, 0.05) is 0 Å². The summed E-state index contributed by atoms with van der Waals surface area (Å²) in [6.45, 7) is 6.90. The maximum absolute atomic E-state index is 10.6. The van der Waals surface area contributed by atoms with E-state index >= 15 is 0 Å². The number of aliphatic carboxylic acids is 1. The molecule has 0 aliphatic carbocycles. The SMILES string of the molecule is CCCC(NCC(C)C)C(=O)O. The van der Waals surface area contributed by atoms with Crippen molar-refractivity contribution >= 4 is 5.97 Å². The third-order valence-corrected chi connectivity index (χ3v) is 1.65. The van der Waals surface area contributed by atoms with E-state index in [4.69, 9.17) is 5.11 Å². The Morgan fingerprint density at radius 2 is 2.08 bits per heavy atom. The van der Waals surface area contributed by atoms with Crippen molar-refractivity contribution in [2.45, 2.75) is 39.7 Å². The molecular weight excluding hydrogens is 154 g/mol. The van der Waals surface area contributed by atoms with E-state index in [0.29, 0.717) is 12.3 Å². The first-order chi connectivity index (χ1) is 5.57. The molecule has 0 aromatic rings. The van der Waals surface area contributed by atoms with Crippen LogP contribution in [0.15, 0.2) is 0 Å². The standard InChI is InChI=1S/C9H19NO2/c1-4-5-8(9(11)12)10-6-7(2)3/h7-8,10H,4-6H2,1-3H3,(H,11,12). The maximum Gasteiger partial charge on any atom is 0.320 e. The van der Waals surface area contributed by atoms with Crippen molar-refractivity contribution in [3.63, 3.8) is 0 Å². The highest BCUT2D eigenvalue weighted by molar-refractivity contribution is 5.73. The first kappa shape index (κ1) is 11.4. The Kier molecular flexibility index (Phi) is 5.72. The quantitative estimate of drug-likeness (QED) is 0.639. The monoisotopic (exact) mass is 173 g/mol. The fraction of sp³-hybridized carbons (Fsp3) is 0.889. The highest BCUT2D eigenvalue weighted by atomic mass is 16.4. The Bertz CT molecular complexity index is 134. The first-order valence-electron chi connectivity index (χ1n) is 4.54. The zero-order valence-electron chi connectivity index (χ0n) is 8.13. The summed E-state index contributed by atoms with van der Waals surface area (Å²) < 4.78 is 0. The van der Waals surface area contributed by atoms with Crippen molar-refractivity contribution in [2.75, 3.05) is 6.54 Å². The van der Waals surface area contributed by atoms with Crippen LogP contribution in [-0.2, 0) is 4.79 Å². The van der Waals surface area contributed by atoms with Gasteiger partial charge in [-0.2, -0.15) is 0 Å². The average molecular weight is 173 g/mol. The molecule has 12 heavy (non-hydrogen) atoms. The van der Waals surface area contributed by atoms with Crippen LogP contribution >= 0.6 is 0 Å². The maximum atomic E-state index is 10.6. The van der Waals surface area contributed by atoms with Crippen molar-refractivity contribution in [3.8, 4) is 0 Å². The largest absolute Gasteiger partial charge is 0.480 e. The molecule has 0 fully saturated rings. The predicted octanol–water partition coefficient (Wildman–Crippen LogP) is 1.49. The highest BCUT2D eigenvalue weighted by Crippen LogP contribution is 1.98. The molecule has 0 rings (SSSR count). The van der Waals surface area contributed by atoms with Crippen LogP contribution in [0.4, 0.5) is 0 Å². The molecule has 0 aliphatic rings. The number of carboxylic acid groups (broad SMARTS) is 1. The molecule has 0 saturated heterocycles. The Hall–Kier alpha value is -0.570. The molecule has 0 spiro atoms. The molecule has 72 valence electrons. The number of carbonyl (C=O) groups is 1. The van der Waals surface area contributed by atoms with Gasteiger partial charge in [0.05, 0.1) is 0 Å². The minimum absolute atomic E-state index is 0.364. The molecule has 1 atom stereocenters. The summed E-state index contributed by atoms with van der Waals surface area (Å²) >= 11 is 0. The first-order valence-corrected chi connectivity index (χ1v) is 4.54. The van der Waals surface area contributed by atoms with Gasteiger partial charge in [0.25, 0.3) is 0 Å². The van der Waals surface area contributed by atoms with Crippen LogP contribution in [0.25, 0.3) is 0 Å². The van der Waals surface area contributed by atoms with E-state index in [1.807, 2.05) is 6.92 Å². The molecule has 0 bridgehead atoms. The number of carboxylic acids is 1. The van der Waals surface area contributed by atoms with Crippen LogP contribution in [-0.4, -0.2) is 23.7 Å². The van der Waals surface area contributed by atoms with E-state index in [0.717, 1.165) is 13.0 Å². The van der Waals surface area contributed by atoms with Gasteiger partial charge >= 0.3 is 5.97 Å². The molecule has 0 aliphatic heterocycles. The Labute approximate surface area is 74.2 Å². The summed E-state index contributed by atoms with van der Waals surface area (Å²) in [4.78, 5) is 10.6. The second kappa shape index (κ2) is 6.00. The Balaban J connectivity index is 3.71. The number of nitrogens with one attached hydrogen (secondary N) is 1. The summed E-state index contributed by atoms with van der Waals surface area (Å²) in [7, 11) is 0. The Morgan fingerprint density at radius 3 is 2.42 bits per heavy atom. The van der Waals surface area contributed by atoms with Crippen molar-refractivity contribution in [2.24, 2.45) is 5.92 Å². The zero-order chi connectivity index (χ0) is 9.56. The third-order valence-electron chi connectivity index (χ3n) is 1.65. The van der Waals surface area contributed by atoms with Crippen molar-refractivity contribution in [3.05, 3.63) is 0 Å². The summed E-state index contributed by atoms with van der Waals surface area (Å²) in [5.41, 5.74) is 0. The highest BCUT2D eigenvalue weighted by Gasteiger charge is 2.14. The number of hydrogen-bond donors (Lipinski definition) is 2. The van der Waals surface area contributed by atoms with E-state index in [-0.39, 0.29) is 6.04 Å². The van der Waals surface area contributed by atoms with Crippen LogP contribution in [0, 0.1) is 5.92 Å². The van der Waals surface area contributed by atoms with Gasteiger partial charge in [-0.1, -0.05) is 27.2 Å². The minimum Gasteiger partial charge on any atom is -0.480 e. The van der Waals surface area contributed by atoms with Crippen molar-refractivity contribution < 1.29 is 9.90 Å². The molecular formula is C9H19NO2. The molecule has 0 amide bonds. The van der Waals surface area contributed by atoms with Gasteiger partial charge in [0.2, 0.25) is 0 Å². The summed E-state index contributed by atoms with van der Waals surface area (Å²) in [6.07, 6.45) is 1.62. The van der Waals surface area contributed by atoms with Crippen LogP contribution in [0.2, 0.25) is 0 Å². The Morgan fingerprint density at radius 1 is 1.50 bits per heavy atom. The smallest absolute Gasteiger partial charge is 0.320 e. The fourth-order valence-corrected chi connectivity index (χ4v) is 0.979. The lowest BCUT2D eigenvalue weighted by Gasteiger charge is -2.14. The second-order valence-electron chi connectivity index (χ2n) is 3.48. The molecule has 0 saturated carbocycles. The van der Waals surface area contributed by atoms with E-state index in [2.05, 4.69) is 19.2 Å². The molecule has 3 nitrogen and oxygen atoms in total. The van der Waals surface area contributed by atoms with E-state index in [1.54, 1.807) is 0 Å². The predicted molar refractivity (Wildman–Crippen MR) is 49.2 cm³/mol. The summed E-state index contributed by atoms with van der Waals surface area (Å²) in [6, 6.07) is -0.364. The molecule has 0 heterocycles. The summed E-state index contributed by atoms with van der Waals surface area (Å²) in [5.74, 6) is -0.235. The molecule has 3 heteroatoms. The van der Waals surface area contributed by atoms with Gasteiger partial charge in [0.1, 0.15) is 6.04 Å². The topological polar surface area (TPSA) is 49.3 Å². The fourth-order valence-electron chi connectivity index (χ4n) is 0.979. The molecule has 0 aromatic heterocycles. The van der Waals surface area contributed by atoms with Gasteiger partial charge in [-0.25, -0.2) is 0 Å². The van der Waals surface area contributed by atoms with Gasteiger partial charge in [0.15, 0.2) is 0 Å². The minimum atomic E-state index is -0.738.